The molecule has 1 amide bonds. The summed E-state index contributed by atoms with van der Waals surface area (Å²) in [4.78, 5) is 59.2. The van der Waals surface area contributed by atoms with Crippen LogP contribution in [0.3, 0.4) is 0 Å². The van der Waals surface area contributed by atoms with Crippen molar-refractivity contribution in [1.29, 1.82) is 0 Å². The summed E-state index contributed by atoms with van der Waals surface area (Å²) in [5.41, 5.74) is 0. The molecule has 1 unspecified atom stereocenters. The van der Waals surface area contributed by atoms with Crippen LogP contribution in [0.2, 0.25) is 0 Å². The zero-order valence-corrected chi connectivity index (χ0v) is 37.8. The average molecular weight is 866 g/mol. The number of esters is 2. The Bertz CT molecular complexity index is 1120. The predicted octanol–water partition coefficient (Wildman–Crippen LogP) is 8.61. The number of carbonyl (C=O) groups excluding carboxylic acids is 3. The van der Waals surface area contributed by atoms with E-state index in [4.69, 9.17) is 18.7 Å². The predicted molar refractivity (Wildman–Crippen MR) is 228 cm³/mol. The number of nitrogens with one attached hydrogen (secondary N) is 1. The van der Waals surface area contributed by atoms with E-state index in [0.29, 0.717) is 32.1 Å². The maximum atomic E-state index is 13.6. The highest BCUT2D eigenvalue weighted by molar-refractivity contribution is 7.46. The minimum atomic E-state index is -5.28. The molecular weight excluding hydrogens is 781 g/mol. The average Bonchev–Trinajstić information content (AvgIpc) is 3.17. The van der Waals surface area contributed by atoms with Crippen LogP contribution in [0, 0.1) is 0 Å². The lowest BCUT2D eigenvalue weighted by molar-refractivity contribution is -0.256. The van der Waals surface area contributed by atoms with Crippen molar-refractivity contribution in [3.8, 4) is 0 Å². The number of phosphoric acid groups is 1. The summed E-state index contributed by atoms with van der Waals surface area (Å²) in [6, 6.07) is -1.58. The Kier molecular flexibility index (Phi) is 32.7. The Balaban J connectivity index is 2.98. The molecule has 0 aromatic rings. The van der Waals surface area contributed by atoms with Gasteiger partial charge in [-0.15, -0.1) is 0 Å². The second-order valence-electron chi connectivity index (χ2n) is 16.6. The van der Waals surface area contributed by atoms with Gasteiger partial charge in [-0.1, -0.05) is 168 Å². The molecule has 15 heteroatoms. The van der Waals surface area contributed by atoms with E-state index in [0.717, 1.165) is 70.6 Å². The van der Waals surface area contributed by atoms with E-state index < -0.39 is 81.5 Å². The molecule has 6 N–H and O–H groups in total. The van der Waals surface area contributed by atoms with Crippen molar-refractivity contribution in [3.05, 3.63) is 0 Å². The van der Waals surface area contributed by atoms with Crippen molar-refractivity contribution in [1.82, 2.24) is 5.32 Å². The highest BCUT2D eigenvalue weighted by atomic mass is 31.2. The Morgan fingerprint density at radius 1 is 0.644 bits per heavy atom. The van der Waals surface area contributed by atoms with Crippen LogP contribution in [0.1, 0.15) is 213 Å². The number of aliphatic hydroxyl groups is 3. The van der Waals surface area contributed by atoms with Crippen LogP contribution in [-0.2, 0) is 37.7 Å². The molecule has 1 saturated heterocycles. The maximum absolute atomic E-state index is 13.6. The number of unbranched alkanes of at least 4 members (excludes halogenated alkanes) is 22. The van der Waals surface area contributed by atoms with Gasteiger partial charge in [0.05, 0.1) is 25.6 Å². The van der Waals surface area contributed by atoms with Gasteiger partial charge in [0, 0.05) is 6.42 Å². The topological polar surface area (TPSA) is 218 Å². The Morgan fingerprint density at radius 2 is 1.10 bits per heavy atom. The van der Waals surface area contributed by atoms with Crippen molar-refractivity contribution in [2.75, 3.05) is 6.61 Å². The first kappa shape index (κ1) is 55.4. The summed E-state index contributed by atoms with van der Waals surface area (Å²) in [6.07, 6.45) is 18.5. The van der Waals surface area contributed by atoms with Gasteiger partial charge in [0.1, 0.15) is 24.4 Å². The molecule has 14 nitrogen and oxygen atoms in total. The molecule has 59 heavy (non-hydrogen) atoms. The van der Waals surface area contributed by atoms with Gasteiger partial charge in [0.25, 0.3) is 0 Å². The van der Waals surface area contributed by atoms with Gasteiger partial charge in [-0.3, -0.25) is 18.9 Å². The van der Waals surface area contributed by atoms with Gasteiger partial charge in [-0.05, 0) is 25.7 Å². The number of hydrogen-bond acceptors (Lipinski definition) is 11. The van der Waals surface area contributed by atoms with Crippen molar-refractivity contribution in [3.63, 3.8) is 0 Å². The lowest BCUT2D eigenvalue weighted by Crippen LogP contribution is -2.65. The number of ether oxygens (including phenoxy) is 3. The summed E-state index contributed by atoms with van der Waals surface area (Å²) in [5.74, 6) is -2.07. The molecule has 1 aliphatic rings. The molecule has 0 aromatic heterocycles. The largest absolute Gasteiger partial charge is 0.470 e. The van der Waals surface area contributed by atoms with Gasteiger partial charge < -0.3 is 44.6 Å². The van der Waals surface area contributed by atoms with E-state index in [2.05, 4.69) is 26.1 Å². The zero-order valence-electron chi connectivity index (χ0n) is 36.9. The first-order chi connectivity index (χ1) is 28.3. The fourth-order valence-electron chi connectivity index (χ4n) is 7.64. The fraction of sp³-hybridized carbons (Fsp3) is 0.932. The molecule has 1 heterocycles. The highest BCUT2D eigenvalue weighted by Crippen LogP contribution is 2.42. The molecule has 1 rings (SSSR count). The molecule has 0 bridgehead atoms. The Morgan fingerprint density at radius 3 is 1.58 bits per heavy atom. The summed E-state index contributed by atoms with van der Waals surface area (Å²) < 4.78 is 33.9. The van der Waals surface area contributed by atoms with E-state index >= 15 is 0 Å². The Hall–Kier alpha value is -1.64. The van der Waals surface area contributed by atoms with Crippen LogP contribution >= 0.6 is 7.82 Å². The molecule has 1 fully saturated rings. The molecule has 348 valence electrons. The number of carbonyl (C=O) groups is 3. The van der Waals surface area contributed by atoms with Crippen molar-refractivity contribution < 1.29 is 62.8 Å². The summed E-state index contributed by atoms with van der Waals surface area (Å²) in [6.45, 7) is 5.63. The van der Waals surface area contributed by atoms with E-state index in [1.165, 1.54) is 70.6 Å². The zero-order chi connectivity index (χ0) is 43.7. The third-order valence-corrected chi connectivity index (χ3v) is 11.6. The summed E-state index contributed by atoms with van der Waals surface area (Å²) in [7, 11) is -5.28. The maximum Gasteiger partial charge on any atom is 0.470 e. The fourth-order valence-corrected chi connectivity index (χ4v) is 8.21. The summed E-state index contributed by atoms with van der Waals surface area (Å²) >= 11 is 0. The molecule has 0 spiro atoms. The number of hydrogen-bond donors (Lipinski definition) is 6. The van der Waals surface area contributed by atoms with Gasteiger partial charge in [-0.25, -0.2) is 4.57 Å². The second kappa shape index (κ2) is 34.9. The molecule has 1 aliphatic heterocycles. The number of aliphatic hydroxyl groups excluding tert-OH is 3. The van der Waals surface area contributed by atoms with Crippen LogP contribution in [-0.4, -0.2) is 92.4 Å². The van der Waals surface area contributed by atoms with Crippen molar-refractivity contribution in [2.45, 2.75) is 256 Å². The van der Waals surface area contributed by atoms with E-state index in [9.17, 15) is 44.1 Å². The number of amides is 1. The summed E-state index contributed by atoms with van der Waals surface area (Å²) in [5, 5.41) is 33.9. The van der Waals surface area contributed by atoms with Crippen molar-refractivity contribution in [2.24, 2.45) is 0 Å². The standard InChI is InChI=1S/C44H84NO13P/c1-4-7-10-13-15-17-18-20-22-25-28-31-39(49)55-36(30-27-24-21-19-16-14-11-8-5-2)33-40(50)57-43-41(44(51)56-37(34-46)42(43)58-59(52,53)54)45-38(48)32-35(47)29-26-23-12-9-6-3/h35-37,41-44,46-47,51H,4-34H2,1-3H3,(H,45,48)(H2,52,53,54)/t35-,36-,37-,41-,42-,43-,44?/m1/s1. The van der Waals surface area contributed by atoms with Crippen LogP contribution in [0.5, 0.6) is 0 Å². The first-order valence-corrected chi connectivity index (χ1v) is 24.9. The monoisotopic (exact) mass is 866 g/mol. The van der Waals surface area contributed by atoms with Crippen LogP contribution < -0.4 is 5.32 Å². The van der Waals surface area contributed by atoms with Crippen molar-refractivity contribution >= 4 is 25.7 Å². The SMILES string of the molecule is CCCCCCCCCCCCCC(=O)O[C@H](CCCCCCCCCCC)CC(=O)O[C@H]1[C@H](OP(=O)(O)O)[C@@H](CO)OC(O)[C@@H]1NC(=O)C[C@H](O)CCCCCCC. The number of rotatable bonds is 38. The van der Waals surface area contributed by atoms with Crippen LogP contribution in [0.4, 0.5) is 0 Å². The Labute approximate surface area is 355 Å². The van der Waals surface area contributed by atoms with Crippen LogP contribution in [0.25, 0.3) is 0 Å². The quantitative estimate of drug-likeness (QED) is 0.0195. The van der Waals surface area contributed by atoms with Gasteiger partial charge in [0.2, 0.25) is 5.91 Å². The van der Waals surface area contributed by atoms with E-state index in [1.807, 2.05) is 0 Å². The van der Waals surface area contributed by atoms with Gasteiger partial charge >= 0.3 is 19.8 Å². The third-order valence-electron chi connectivity index (χ3n) is 11.1. The smallest absolute Gasteiger partial charge is 0.462 e. The molecule has 0 aromatic carbocycles. The minimum absolute atomic E-state index is 0.210. The minimum Gasteiger partial charge on any atom is -0.462 e. The molecule has 0 radical (unpaired) electrons. The molecule has 7 atom stereocenters. The van der Waals surface area contributed by atoms with E-state index in [1.54, 1.807) is 0 Å². The third kappa shape index (κ3) is 28.6. The normalized spacial score (nSPS) is 20.6. The number of phosphoric ester groups is 1. The molecular formula is C44H84NO13P. The lowest BCUT2D eigenvalue weighted by atomic mass is 9.96. The highest BCUT2D eigenvalue weighted by Gasteiger charge is 2.51. The van der Waals surface area contributed by atoms with Crippen LogP contribution in [0.15, 0.2) is 0 Å². The first-order valence-electron chi connectivity index (χ1n) is 23.4. The molecule has 0 aliphatic carbocycles. The van der Waals surface area contributed by atoms with Gasteiger partial charge in [-0.2, -0.15) is 0 Å². The lowest BCUT2D eigenvalue weighted by Gasteiger charge is -2.43. The van der Waals surface area contributed by atoms with E-state index in [-0.39, 0.29) is 12.8 Å². The van der Waals surface area contributed by atoms with Gasteiger partial charge in [0.15, 0.2) is 12.4 Å². The second-order valence-corrected chi connectivity index (χ2v) is 17.8. The molecule has 0 saturated carbocycles.